The summed E-state index contributed by atoms with van der Waals surface area (Å²) in [5.41, 5.74) is 4.76. The molecule has 1 amide bonds. The minimum atomic E-state index is -0.836. The summed E-state index contributed by atoms with van der Waals surface area (Å²) < 4.78 is 27.2. The van der Waals surface area contributed by atoms with E-state index in [1.165, 1.54) is 0 Å². The first-order valence-electron chi connectivity index (χ1n) is 7.07. The number of nitrogen functional groups attached to an aromatic ring is 1. The van der Waals surface area contributed by atoms with Crippen molar-refractivity contribution in [3.63, 3.8) is 0 Å². The Labute approximate surface area is 123 Å². The van der Waals surface area contributed by atoms with E-state index in [0.717, 1.165) is 31.5 Å². The number of hydrogen-bond acceptors (Lipinski definition) is 3. The lowest BCUT2D eigenvalue weighted by molar-refractivity contribution is 0.0673. The van der Waals surface area contributed by atoms with E-state index in [0.29, 0.717) is 19.0 Å². The molecule has 116 valence electrons. The van der Waals surface area contributed by atoms with Crippen LogP contribution in [0.15, 0.2) is 12.1 Å². The van der Waals surface area contributed by atoms with Crippen LogP contribution in [0, 0.1) is 17.6 Å². The van der Waals surface area contributed by atoms with Crippen molar-refractivity contribution < 1.29 is 13.6 Å². The van der Waals surface area contributed by atoms with Crippen molar-refractivity contribution in [3.05, 3.63) is 29.3 Å². The van der Waals surface area contributed by atoms with Gasteiger partial charge in [0.1, 0.15) is 5.82 Å². The van der Waals surface area contributed by atoms with Gasteiger partial charge in [0.05, 0.1) is 11.3 Å². The highest BCUT2D eigenvalue weighted by molar-refractivity contribution is 5.95. The van der Waals surface area contributed by atoms with Gasteiger partial charge in [-0.1, -0.05) is 0 Å². The van der Waals surface area contributed by atoms with Crippen LogP contribution in [0.4, 0.5) is 14.5 Å². The molecule has 0 atom stereocenters. The van der Waals surface area contributed by atoms with Crippen molar-refractivity contribution in [1.82, 2.24) is 9.80 Å². The van der Waals surface area contributed by atoms with Gasteiger partial charge in [0, 0.05) is 19.6 Å². The average molecular weight is 297 g/mol. The van der Waals surface area contributed by atoms with Gasteiger partial charge in [-0.25, -0.2) is 8.78 Å². The Morgan fingerprint density at radius 2 is 1.95 bits per heavy atom. The van der Waals surface area contributed by atoms with Gasteiger partial charge in [0.25, 0.3) is 5.91 Å². The van der Waals surface area contributed by atoms with E-state index < -0.39 is 17.5 Å². The fourth-order valence-electron chi connectivity index (χ4n) is 2.77. The van der Waals surface area contributed by atoms with Gasteiger partial charge < -0.3 is 15.5 Å². The molecule has 1 aromatic rings. The maximum atomic E-state index is 13.9. The van der Waals surface area contributed by atoms with Crippen LogP contribution in [0.5, 0.6) is 0 Å². The van der Waals surface area contributed by atoms with E-state index in [4.69, 9.17) is 5.73 Å². The number of piperidine rings is 1. The number of carbonyl (C=O) groups excluding carboxylic acids is 1. The number of halogens is 2. The Balaban J connectivity index is 2.06. The molecule has 0 aromatic heterocycles. The summed E-state index contributed by atoms with van der Waals surface area (Å²) in [5, 5.41) is 0. The highest BCUT2D eigenvalue weighted by Crippen LogP contribution is 2.23. The van der Waals surface area contributed by atoms with E-state index in [1.807, 2.05) is 14.1 Å². The molecular formula is C15H21F2N3O. The number of carbonyl (C=O) groups is 1. The number of hydrogen-bond donors (Lipinski definition) is 1. The molecule has 0 saturated carbocycles. The first-order valence-corrected chi connectivity index (χ1v) is 7.07. The van der Waals surface area contributed by atoms with E-state index in [2.05, 4.69) is 4.90 Å². The van der Waals surface area contributed by atoms with Gasteiger partial charge in [-0.05, 0) is 45.0 Å². The second-order valence-corrected chi connectivity index (χ2v) is 5.85. The minimum absolute atomic E-state index is 0.279. The Kier molecular flexibility index (Phi) is 4.77. The first-order chi connectivity index (χ1) is 9.88. The number of rotatable bonds is 3. The molecule has 1 aromatic carbocycles. The molecule has 0 radical (unpaired) electrons. The molecule has 4 nitrogen and oxygen atoms in total. The highest BCUT2D eigenvalue weighted by atomic mass is 19.1. The Morgan fingerprint density at radius 3 is 2.52 bits per heavy atom. The predicted octanol–water partition coefficient (Wildman–Crippen LogP) is 1.96. The standard InChI is InChI=1S/C15H21F2N3O/c1-19(2)9-10-3-5-20(6-4-10)15(21)12-7-11(16)8-13(18)14(12)17/h7-8,10H,3-6,9,18H2,1-2H3. The summed E-state index contributed by atoms with van der Waals surface area (Å²) in [6.45, 7) is 2.10. The van der Waals surface area contributed by atoms with Crippen LogP contribution < -0.4 is 5.73 Å². The number of likely N-dealkylation sites (tertiary alicyclic amines) is 1. The number of nitrogens with zero attached hydrogens (tertiary/aromatic N) is 2. The molecule has 1 heterocycles. The first kappa shape index (κ1) is 15.7. The van der Waals surface area contributed by atoms with Crippen LogP contribution >= 0.6 is 0 Å². The van der Waals surface area contributed by atoms with Crippen LogP contribution in [0.3, 0.4) is 0 Å². The van der Waals surface area contributed by atoms with E-state index in [1.54, 1.807) is 4.90 Å². The molecule has 1 aliphatic rings. The molecule has 1 aliphatic heterocycles. The van der Waals surface area contributed by atoms with E-state index in [9.17, 15) is 13.6 Å². The Bertz CT molecular complexity index is 526. The SMILES string of the molecule is CN(C)CC1CCN(C(=O)c2cc(F)cc(N)c2F)CC1. The van der Waals surface area contributed by atoms with Crippen molar-refractivity contribution in [2.75, 3.05) is 39.5 Å². The molecule has 0 spiro atoms. The molecule has 2 rings (SSSR count). The van der Waals surface area contributed by atoms with Crippen molar-refractivity contribution in [3.8, 4) is 0 Å². The third-order valence-electron chi connectivity index (χ3n) is 3.82. The normalized spacial score (nSPS) is 16.5. The van der Waals surface area contributed by atoms with Crippen molar-refractivity contribution in [1.29, 1.82) is 0 Å². The third-order valence-corrected chi connectivity index (χ3v) is 3.82. The monoisotopic (exact) mass is 297 g/mol. The third kappa shape index (κ3) is 3.69. The smallest absolute Gasteiger partial charge is 0.257 e. The van der Waals surface area contributed by atoms with E-state index in [-0.39, 0.29) is 11.3 Å². The second kappa shape index (κ2) is 6.39. The number of benzene rings is 1. The largest absolute Gasteiger partial charge is 0.396 e. The summed E-state index contributed by atoms with van der Waals surface area (Å²) in [6, 6.07) is 1.80. The molecule has 0 bridgehead atoms. The number of nitrogens with two attached hydrogens (primary N) is 1. The zero-order chi connectivity index (χ0) is 15.6. The summed E-state index contributed by atoms with van der Waals surface area (Å²) in [5.74, 6) is -1.48. The fraction of sp³-hybridized carbons (Fsp3) is 0.533. The Morgan fingerprint density at radius 1 is 1.33 bits per heavy atom. The molecular weight excluding hydrogens is 276 g/mol. The lowest BCUT2D eigenvalue weighted by Crippen LogP contribution is -2.41. The van der Waals surface area contributed by atoms with Crippen LogP contribution in [0.1, 0.15) is 23.2 Å². The maximum absolute atomic E-state index is 13.9. The van der Waals surface area contributed by atoms with Gasteiger partial charge in [-0.15, -0.1) is 0 Å². The van der Waals surface area contributed by atoms with Gasteiger partial charge in [0.15, 0.2) is 5.82 Å². The Hall–Kier alpha value is -1.69. The van der Waals surface area contributed by atoms with Gasteiger partial charge >= 0.3 is 0 Å². The van der Waals surface area contributed by atoms with Crippen molar-refractivity contribution in [2.24, 2.45) is 5.92 Å². The van der Waals surface area contributed by atoms with Crippen LogP contribution in [-0.4, -0.2) is 49.4 Å². The van der Waals surface area contributed by atoms with Crippen molar-refractivity contribution >= 4 is 11.6 Å². The lowest BCUT2D eigenvalue weighted by Gasteiger charge is -2.33. The van der Waals surface area contributed by atoms with Crippen LogP contribution in [0.2, 0.25) is 0 Å². The topological polar surface area (TPSA) is 49.6 Å². The van der Waals surface area contributed by atoms with E-state index >= 15 is 0 Å². The molecule has 6 heteroatoms. The van der Waals surface area contributed by atoms with Gasteiger partial charge in [-0.3, -0.25) is 4.79 Å². The summed E-state index contributed by atoms with van der Waals surface area (Å²) in [7, 11) is 4.03. The van der Waals surface area contributed by atoms with Gasteiger partial charge in [-0.2, -0.15) is 0 Å². The van der Waals surface area contributed by atoms with Crippen molar-refractivity contribution in [2.45, 2.75) is 12.8 Å². The highest BCUT2D eigenvalue weighted by Gasteiger charge is 2.26. The van der Waals surface area contributed by atoms with Crippen LogP contribution in [0.25, 0.3) is 0 Å². The molecule has 0 aliphatic carbocycles. The molecule has 1 saturated heterocycles. The zero-order valence-corrected chi connectivity index (χ0v) is 12.4. The summed E-state index contributed by atoms with van der Waals surface area (Å²) >= 11 is 0. The predicted molar refractivity (Wildman–Crippen MR) is 78.0 cm³/mol. The second-order valence-electron chi connectivity index (χ2n) is 5.85. The van der Waals surface area contributed by atoms with Crippen LogP contribution in [-0.2, 0) is 0 Å². The molecule has 0 unspecified atom stereocenters. The number of anilines is 1. The summed E-state index contributed by atoms with van der Waals surface area (Å²) in [4.78, 5) is 16.0. The lowest BCUT2D eigenvalue weighted by atomic mass is 9.96. The zero-order valence-electron chi connectivity index (χ0n) is 12.4. The molecule has 21 heavy (non-hydrogen) atoms. The number of amides is 1. The quantitative estimate of drug-likeness (QED) is 0.868. The summed E-state index contributed by atoms with van der Waals surface area (Å²) in [6.07, 6.45) is 1.74. The molecule has 2 N–H and O–H groups in total. The minimum Gasteiger partial charge on any atom is -0.396 e. The molecule has 1 fully saturated rings. The maximum Gasteiger partial charge on any atom is 0.257 e. The average Bonchev–Trinajstić information content (AvgIpc) is 2.42. The van der Waals surface area contributed by atoms with Gasteiger partial charge in [0.2, 0.25) is 0 Å². The fourth-order valence-corrected chi connectivity index (χ4v) is 2.77.